The molecule has 0 unspecified atom stereocenters. The Kier molecular flexibility index (Phi) is 7.64. The lowest BCUT2D eigenvalue weighted by atomic mass is 10.1. The third-order valence-corrected chi connectivity index (χ3v) is 6.26. The van der Waals surface area contributed by atoms with Gasteiger partial charge < -0.3 is 9.47 Å². The van der Waals surface area contributed by atoms with E-state index in [-0.39, 0.29) is 17.7 Å². The molecule has 0 radical (unpaired) electrons. The van der Waals surface area contributed by atoms with Gasteiger partial charge in [-0.1, -0.05) is 12.1 Å². The number of amides is 2. The molecule has 2 aromatic rings. The van der Waals surface area contributed by atoms with Crippen molar-refractivity contribution >= 4 is 67.5 Å². The summed E-state index contributed by atoms with van der Waals surface area (Å²) in [4.78, 5) is 26.9. The minimum absolute atomic E-state index is 0.260. The van der Waals surface area contributed by atoms with Gasteiger partial charge in [-0.2, -0.15) is 0 Å². The third-order valence-electron chi connectivity index (χ3n) is 4.05. The van der Waals surface area contributed by atoms with Crippen molar-refractivity contribution in [2.45, 2.75) is 20.4 Å². The lowest BCUT2D eigenvalue weighted by Crippen LogP contribution is -2.27. The highest BCUT2D eigenvalue weighted by Gasteiger charge is 2.35. The van der Waals surface area contributed by atoms with E-state index in [1.54, 1.807) is 6.08 Å². The molecule has 0 bridgehead atoms. The Labute approximate surface area is 196 Å². The van der Waals surface area contributed by atoms with Crippen molar-refractivity contribution in [2.75, 3.05) is 13.2 Å². The zero-order chi connectivity index (χ0) is 21.0. The van der Waals surface area contributed by atoms with Crippen LogP contribution in [-0.2, 0) is 11.3 Å². The molecule has 29 heavy (non-hydrogen) atoms. The third kappa shape index (κ3) is 5.35. The number of nitrogens with zero attached hydrogens (tertiary/aromatic N) is 1. The molecule has 8 heteroatoms. The number of carbonyl (C=O) groups is 2. The normalized spacial score (nSPS) is 15.3. The second kappa shape index (κ2) is 9.99. The quantitative estimate of drug-likeness (QED) is 0.290. The van der Waals surface area contributed by atoms with Crippen LogP contribution in [0.2, 0.25) is 0 Å². The highest BCUT2D eigenvalue weighted by atomic mass is 127. The van der Waals surface area contributed by atoms with Gasteiger partial charge in [-0.25, -0.2) is 0 Å². The van der Waals surface area contributed by atoms with E-state index in [4.69, 9.17) is 9.47 Å². The van der Waals surface area contributed by atoms with Crippen molar-refractivity contribution in [3.05, 3.63) is 60.5 Å². The first-order valence-corrected chi connectivity index (χ1v) is 11.7. The van der Waals surface area contributed by atoms with E-state index < -0.39 is 0 Å². The molecule has 1 heterocycles. The number of hydrogen-bond acceptors (Lipinski definition) is 5. The van der Waals surface area contributed by atoms with Gasteiger partial charge in [0.25, 0.3) is 11.1 Å². The molecule has 1 aliphatic rings. The van der Waals surface area contributed by atoms with Crippen LogP contribution in [0.4, 0.5) is 4.79 Å². The van der Waals surface area contributed by atoms with Crippen molar-refractivity contribution in [3.63, 3.8) is 0 Å². The number of benzene rings is 2. The van der Waals surface area contributed by atoms with E-state index >= 15 is 0 Å². The topological polar surface area (TPSA) is 55.8 Å². The van der Waals surface area contributed by atoms with Crippen LogP contribution in [0.5, 0.6) is 11.5 Å². The molecule has 0 saturated carbocycles. The van der Waals surface area contributed by atoms with Crippen LogP contribution in [-0.4, -0.2) is 29.3 Å². The van der Waals surface area contributed by atoms with Gasteiger partial charge in [-0.3, -0.25) is 14.5 Å². The lowest BCUT2D eigenvalue weighted by Gasteiger charge is -2.14. The van der Waals surface area contributed by atoms with E-state index in [0.717, 1.165) is 30.9 Å². The molecule has 0 atom stereocenters. The summed E-state index contributed by atoms with van der Waals surface area (Å²) >= 11 is 6.67. The molecule has 1 fully saturated rings. The maximum atomic E-state index is 12.8. The zero-order valence-electron chi connectivity index (χ0n) is 15.9. The minimum atomic E-state index is -0.290. The highest BCUT2D eigenvalue weighted by Crippen LogP contribution is 2.39. The maximum Gasteiger partial charge on any atom is 0.293 e. The number of carbonyl (C=O) groups excluding carboxylic acids is 2. The summed E-state index contributed by atoms with van der Waals surface area (Å²) in [5.41, 5.74) is 1.67. The SMILES string of the molecule is CCOc1cc(/C=C2\SC(=O)N(Cc3ccc(I)cc3)C2=O)cc(Br)c1OCC. The number of thioether (sulfide) groups is 1. The Balaban J connectivity index is 1.86. The predicted molar refractivity (Wildman–Crippen MR) is 127 cm³/mol. The van der Waals surface area contributed by atoms with Crippen LogP contribution >= 0.6 is 50.3 Å². The van der Waals surface area contributed by atoms with Crippen molar-refractivity contribution in [1.29, 1.82) is 0 Å². The van der Waals surface area contributed by atoms with Gasteiger partial charge in [0.1, 0.15) is 0 Å². The molecule has 0 spiro atoms. The molecular weight excluding hydrogens is 569 g/mol. The molecule has 1 aliphatic heterocycles. The molecule has 1 saturated heterocycles. The van der Waals surface area contributed by atoms with Crippen molar-refractivity contribution in [1.82, 2.24) is 4.90 Å². The summed E-state index contributed by atoms with van der Waals surface area (Å²) in [6.07, 6.45) is 1.71. The number of imide groups is 1. The van der Waals surface area contributed by atoms with Gasteiger partial charge in [-0.05, 0) is 106 Å². The summed E-state index contributed by atoms with van der Waals surface area (Å²) in [6, 6.07) is 11.4. The maximum absolute atomic E-state index is 12.8. The Morgan fingerprint density at radius 1 is 1.10 bits per heavy atom. The van der Waals surface area contributed by atoms with Crippen LogP contribution in [0.1, 0.15) is 25.0 Å². The average Bonchev–Trinajstić information content (AvgIpc) is 2.94. The summed E-state index contributed by atoms with van der Waals surface area (Å²) in [6.45, 7) is 5.06. The Bertz CT molecular complexity index is 962. The van der Waals surface area contributed by atoms with Gasteiger partial charge in [0, 0.05) is 3.57 Å². The van der Waals surface area contributed by atoms with E-state index in [1.165, 1.54) is 4.90 Å². The fourth-order valence-electron chi connectivity index (χ4n) is 2.78. The highest BCUT2D eigenvalue weighted by molar-refractivity contribution is 14.1. The fraction of sp³-hybridized carbons (Fsp3) is 0.238. The van der Waals surface area contributed by atoms with Crippen LogP contribution < -0.4 is 9.47 Å². The monoisotopic (exact) mass is 587 g/mol. The standard InChI is InChI=1S/C21H19BrINO4S/c1-3-27-17-10-14(9-16(22)19(17)28-4-2)11-18-20(25)24(21(26)29-18)12-13-5-7-15(23)8-6-13/h5-11H,3-4,12H2,1-2H3/b18-11-. The first-order valence-electron chi connectivity index (χ1n) is 9.01. The number of halogens is 2. The average molecular weight is 588 g/mol. The van der Waals surface area contributed by atoms with Gasteiger partial charge in [0.05, 0.1) is 29.1 Å². The van der Waals surface area contributed by atoms with Gasteiger partial charge in [0.2, 0.25) is 0 Å². The van der Waals surface area contributed by atoms with Crippen LogP contribution in [0, 0.1) is 3.57 Å². The van der Waals surface area contributed by atoms with Crippen LogP contribution in [0.25, 0.3) is 6.08 Å². The van der Waals surface area contributed by atoms with E-state index in [2.05, 4.69) is 38.5 Å². The number of hydrogen-bond donors (Lipinski definition) is 0. The predicted octanol–water partition coefficient (Wildman–Crippen LogP) is 6.09. The molecule has 0 aliphatic carbocycles. The van der Waals surface area contributed by atoms with Crippen LogP contribution in [0.3, 0.4) is 0 Å². The van der Waals surface area contributed by atoms with Crippen molar-refractivity contribution < 1.29 is 19.1 Å². The molecule has 152 valence electrons. The van der Waals surface area contributed by atoms with E-state index in [9.17, 15) is 9.59 Å². The van der Waals surface area contributed by atoms with Crippen LogP contribution in [0.15, 0.2) is 45.8 Å². The van der Waals surface area contributed by atoms with Crippen molar-refractivity contribution in [3.8, 4) is 11.5 Å². The first-order chi connectivity index (χ1) is 13.9. The largest absolute Gasteiger partial charge is 0.490 e. The lowest BCUT2D eigenvalue weighted by molar-refractivity contribution is -0.123. The molecule has 0 aromatic heterocycles. The Hall–Kier alpha value is -1.52. The molecule has 2 amide bonds. The summed E-state index contributed by atoms with van der Waals surface area (Å²) in [5, 5.41) is -0.269. The molecule has 5 nitrogen and oxygen atoms in total. The molecule has 0 N–H and O–H groups in total. The molecule has 2 aromatic carbocycles. The molecule has 3 rings (SSSR count). The first kappa shape index (κ1) is 22.2. The molecular formula is C21H19BrINO4S. The van der Waals surface area contributed by atoms with Gasteiger partial charge in [-0.15, -0.1) is 0 Å². The van der Waals surface area contributed by atoms with Crippen molar-refractivity contribution in [2.24, 2.45) is 0 Å². The van der Waals surface area contributed by atoms with Gasteiger partial charge >= 0.3 is 0 Å². The number of rotatable bonds is 7. The summed E-state index contributed by atoms with van der Waals surface area (Å²) < 4.78 is 13.2. The number of ether oxygens (including phenoxy) is 2. The summed E-state index contributed by atoms with van der Waals surface area (Å²) in [5.74, 6) is 0.924. The van der Waals surface area contributed by atoms with E-state index in [0.29, 0.717) is 29.6 Å². The van der Waals surface area contributed by atoms with E-state index in [1.807, 2.05) is 50.2 Å². The second-order valence-corrected chi connectivity index (χ2v) is 9.18. The zero-order valence-corrected chi connectivity index (χ0v) is 20.5. The smallest absolute Gasteiger partial charge is 0.293 e. The summed E-state index contributed by atoms with van der Waals surface area (Å²) in [7, 11) is 0. The minimum Gasteiger partial charge on any atom is -0.490 e. The Morgan fingerprint density at radius 3 is 2.45 bits per heavy atom. The second-order valence-electron chi connectivity index (χ2n) is 6.09. The fourth-order valence-corrected chi connectivity index (χ4v) is 4.55. The Morgan fingerprint density at radius 2 is 1.79 bits per heavy atom. The van der Waals surface area contributed by atoms with Gasteiger partial charge in [0.15, 0.2) is 11.5 Å².